The Balaban J connectivity index is 1.73. The van der Waals surface area contributed by atoms with Gasteiger partial charge < -0.3 is 4.90 Å². The fourth-order valence-corrected chi connectivity index (χ4v) is 3.65. The first-order valence-electron chi connectivity index (χ1n) is 7.17. The zero-order chi connectivity index (χ0) is 13.4. The third kappa shape index (κ3) is 2.25. The van der Waals surface area contributed by atoms with Crippen molar-refractivity contribution in [2.45, 2.75) is 37.8 Å². The monoisotopic (exact) mass is 255 g/mol. The molecule has 0 amide bonds. The molecule has 0 N–H and O–H groups in total. The Kier molecular flexibility index (Phi) is 3.28. The van der Waals surface area contributed by atoms with Crippen LogP contribution >= 0.6 is 0 Å². The predicted octanol–water partition coefficient (Wildman–Crippen LogP) is 3.14. The molecule has 2 heteroatoms. The van der Waals surface area contributed by atoms with E-state index in [-0.39, 0.29) is 11.7 Å². The second kappa shape index (κ2) is 4.93. The number of piperidine rings is 1. The highest BCUT2D eigenvalue weighted by Gasteiger charge is 2.41. The lowest BCUT2D eigenvalue weighted by Gasteiger charge is -2.35. The number of hydrogen-bond donors (Lipinski definition) is 0. The van der Waals surface area contributed by atoms with E-state index in [4.69, 9.17) is 0 Å². The average molecular weight is 255 g/mol. The summed E-state index contributed by atoms with van der Waals surface area (Å²) in [5.41, 5.74) is 1.66. The van der Waals surface area contributed by atoms with Gasteiger partial charge in [0.1, 0.15) is 0 Å². The second-order valence-corrected chi connectivity index (χ2v) is 5.93. The molecule has 0 spiro atoms. The second-order valence-electron chi connectivity index (χ2n) is 5.93. The van der Waals surface area contributed by atoms with Crippen molar-refractivity contribution in [3.8, 4) is 0 Å². The van der Waals surface area contributed by atoms with E-state index in [2.05, 4.69) is 18.5 Å². The standard InChI is InChI=1S/C17H21NO/c1-12(13-6-4-3-5-7-13)17(19)14-10-15-8-9-16(11-14)18(15)2/h3-7,14-16H,1,8-11H2,2H3. The zero-order valence-corrected chi connectivity index (χ0v) is 11.5. The molecule has 2 aliphatic heterocycles. The van der Waals surface area contributed by atoms with Gasteiger partial charge in [0.05, 0.1) is 0 Å². The zero-order valence-electron chi connectivity index (χ0n) is 11.5. The summed E-state index contributed by atoms with van der Waals surface area (Å²) in [5.74, 6) is 0.442. The van der Waals surface area contributed by atoms with Crippen LogP contribution in [0.15, 0.2) is 36.9 Å². The Morgan fingerprint density at radius 2 is 1.74 bits per heavy atom. The molecule has 2 heterocycles. The lowest BCUT2D eigenvalue weighted by molar-refractivity contribution is -0.119. The lowest BCUT2D eigenvalue weighted by Crippen LogP contribution is -2.42. The number of allylic oxidation sites excluding steroid dienone is 1. The van der Waals surface area contributed by atoms with Gasteiger partial charge >= 0.3 is 0 Å². The summed E-state index contributed by atoms with van der Waals surface area (Å²) in [7, 11) is 2.20. The first-order chi connectivity index (χ1) is 9.16. The number of carbonyl (C=O) groups excluding carboxylic acids is 1. The number of hydrogen-bond acceptors (Lipinski definition) is 2. The van der Waals surface area contributed by atoms with Gasteiger partial charge in [0.15, 0.2) is 5.78 Å². The molecular weight excluding hydrogens is 234 g/mol. The summed E-state index contributed by atoms with van der Waals surface area (Å²) in [4.78, 5) is 15.1. The maximum absolute atomic E-state index is 12.6. The largest absolute Gasteiger partial charge is 0.300 e. The fourth-order valence-electron chi connectivity index (χ4n) is 3.65. The van der Waals surface area contributed by atoms with Crippen molar-refractivity contribution in [1.82, 2.24) is 4.90 Å². The minimum Gasteiger partial charge on any atom is -0.300 e. The molecule has 2 saturated heterocycles. The SMILES string of the molecule is C=C(C(=O)C1CC2CCC(C1)N2C)c1ccccc1. The molecular formula is C17H21NO. The van der Waals surface area contributed by atoms with Gasteiger partial charge in [0, 0.05) is 23.6 Å². The van der Waals surface area contributed by atoms with Crippen LogP contribution in [0, 0.1) is 5.92 Å². The smallest absolute Gasteiger partial charge is 0.166 e. The summed E-state index contributed by atoms with van der Waals surface area (Å²) in [6.45, 7) is 4.03. The van der Waals surface area contributed by atoms with Crippen LogP contribution < -0.4 is 0 Å². The highest BCUT2D eigenvalue weighted by molar-refractivity contribution is 6.21. The van der Waals surface area contributed by atoms with Gasteiger partial charge in [-0.2, -0.15) is 0 Å². The maximum Gasteiger partial charge on any atom is 0.166 e. The number of nitrogens with zero attached hydrogens (tertiary/aromatic N) is 1. The highest BCUT2D eigenvalue weighted by Crippen LogP contribution is 2.39. The number of Topliss-reactive ketones (excluding diaryl/α,β-unsaturated/α-hetero) is 1. The summed E-state index contributed by atoms with van der Waals surface area (Å²) in [6, 6.07) is 11.1. The van der Waals surface area contributed by atoms with E-state index in [1.165, 1.54) is 12.8 Å². The number of fused-ring (bicyclic) bond motifs is 2. The highest BCUT2D eigenvalue weighted by atomic mass is 16.1. The summed E-state index contributed by atoms with van der Waals surface area (Å²) in [5, 5.41) is 0. The van der Waals surface area contributed by atoms with Gasteiger partial charge in [-0.25, -0.2) is 0 Å². The Morgan fingerprint density at radius 1 is 1.16 bits per heavy atom. The minimum absolute atomic E-state index is 0.182. The molecule has 0 aromatic heterocycles. The normalized spacial score (nSPS) is 30.3. The molecule has 0 saturated carbocycles. The minimum atomic E-state index is 0.182. The van der Waals surface area contributed by atoms with E-state index >= 15 is 0 Å². The third-order valence-corrected chi connectivity index (χ3v) is 4.89. The van der Waals surface area contributed by atoms with Crippen LogP contribution in [0.1, 0.15) is 31.2 Å². The van der Waals surface area contributed by atoms with Crippen molar-refractivity contribution in [3.63, 3.8) is 0 Å². The van der Waals surface area contributed by atoms with Crippen LogP contribution in [-0.2, 0) is 4.79 Å². The van der Waals surface area contributed by atoms with Gasteiger partial charge in [-0.05, 0) is 38.3 Å². The predicted molar refractivity (Wildman–Crippen MR) is 77.8 cm³/mol. The van der Waals surface area contributed by atoms with E-state index in [1.807, 2.05) is 30.3 Å². The first-order valence-corrected chi connectivity index (χ1v) is 7.17. The van der Waals surface area contributed by atoms with E-state index in [0.717, 1.165) is 18.4 Å². The van der Waals surface area contributed by atoms with Gasteiger partial charge in [-0.1, -0.05) is 36.9 Å². The van der Waals surface area contributed by atoms with Crippen molar-refractivity contribution in [2.24, 2.45) is 5.92 Å². The van der Waals surface area contributed by atoms with E-state index in [0.29, 0.717) is 17.7 Å². The molecule has 0 radical (unpaired) electrons. The summed E-state index contributed by atoms with van der Waals surface area (Å²) >= 11 is 0. The number of rotatable bonds is 3. The van der Waals surface area contributed by atoms with Crippen LogP contribution in [0.2, 0.25) is 0 Å². The number of carbonyl (C=O) groups is 1. The topological polar surface area (TPSA) is 20.3 Å². The molecule has 0 aliphatic carbocycles. The van der Waals surface area contributed by atoms with Crippen LogP contribution in [0.3, 0.4) is 0 Å². The van der Waals surface area contributed by atoms with Crippen molar-refractivity contribution in [1.29, 1.82) is 0 Å². The van der Waals surface area contributed by atoms with Crippen molar-refractivity contribution in [3.05, 3.63) is 42.5 Å². The van der Waals surface area contributed by atoms with Gasteiger partial charge in [-0.15, -0.1) is 0 Å². The lowest BCUT2D eigenvalue weighted by atomic mass is 9.83. The van der Waals surface area contributed by atoms with Crippen LogP contribution in [0.25, 0.3) is 5.57 Å². The summed E-state index contributed by atoms with van der Waals surface area (Å²) in [6.07, 6.45) is 4.53. The van der Waals surface area contributed by atoms with Gasteiger partial charge in [0.25, 0.3) is 0 Å². The maximum atomic E-state index is 12.6. The van der Waals surface area contributed by atoms with Gasteiger partial charge in [-0.3, -0.25) is 4.79 Å². The molecule has 2 bridgehead atoms. The molecule has 1 aromatic carbocycles. The fraction of sp³-hybridized carbons (Fsp3) is 0.471. The molecule has 3 rings (SSSR count). The molecule has 100 valence electrons. The molecule has 2 unspecified atom stereocenters. The molecule has 2 nitrogen and oxygen atoms in total. The van der Waals surface area contributed by atoms with Gasteiger partial charge in [0.2, 0.25) is 0 Å². The molecule has 2 aliphatic rings. The van der Waals surface area contributed by atoms with Crippen molar-refractivity contribution in [2.75, 3.05) is 7.05 Å². The Labute approximate surface area is 115 Å². The Bertz CT molecular complexity index is 479. The summed E-state index contributed by atoms with van der Waals surface area (Å²) < 4.78 is 0. The molecule has 2 fully saturated rings. The Hall–Kier alpha value is -1.41. The number of benzene rings is 1. The van der Waals surface area contributed by atoms with E-state index in [9.17, 15) is 4.79 Å². The Morgan fingerprint density at radius 3 is 2.32 bits per heavy atom. The number of ketones is 1. The van der Waals surface area contributed by atoms with E-state index in [1.54, 1.807) is 0 Å². The van der Waals surface area contributed by atoms with E-state index < -0.39 is 0 Å². The molecule has 1 aromatic rings. The third-order valence-electron chi connectivity index (χ3n) is 4.89. The van der Waals surface area contributed by atoms with Crippen LogP contribution in [-0.4, -0.2) is 29.8 Å². The van der Waals surface area contributed by atoms with Crippen LogP contribution in [0.5, 0.6) is 0 Å². The molecule has 19 heavy (non-hydrogen) atoms. The quantitative estimate of drug-likeness (QED) is 0.773. The van der Waals surface area contributed by atoms with Crippen molar-refractivity contribution >= 4 is 11.4 Å². The molecule has 2 atom stereocenters. The average Bonchev–Trinajstić information content (AvgIpc) is 2.68. The van der Waals surface area contributed by atoms with Crippen molar-refractivity contribution < 1.29 is 4.79 Å². The first kappa shape index (κ1) is 12.6. The van der Waals surface area contributed by atoms with Crippen LogP contribution in [0.4, 0.5) is 0 Å².